The quantitative estimate of drug-likeness (QED) is 0.0359. The molecule has 0 N–H and O–H groups in total. The first-order valence-electron chi connectivity index (χ1n) is 21.9. The molecule has 0 saturated heterocycles. The van der Waals surface area contributed by atoms with Gasteiger partial charge in [-0.25, -0.2) is 0 Å². The van der Waals surface area contributed by atoms with E-state index in [0.29, 0.717) is 19.3 Å². The van der Waals surface area contributed by atoms with Crippen LogP contribution in [0.3, 0.4) is 0 Å². The maximum atomic E-state index is 12.6. The Morgan fingerprint density at radius 2 is 0.660 bits per heavy atom. The zero-order valence-electron chi connectivity index (χ0n) is 33.9. The Bertz CT molecular complexity index is 751. The summed E-state index contributed by atoms with van der Waals surface area (Å²) in [5.41, 5.74) is 0. The molecule has 0 radical (unpaired) electrons. The summed E-state index contributed by atoms with van der Waals surface area (Å²) in [6.07, 6.45) is 36.8. The molecule has 0 aromatic heterocycles. The van der Waals surface area contributed by atoms with E-state index in [1.54, 1.807) is 0 Å². The summed E-state index contributed by atoms with van der Waals surface area (Å²) in [6, 6.07) is 0. The summed E-state index contributed by atoms with van der Waals surface area (Å²) in [5, 5.41) is 0. The molecule has 6 heteroatoms. The van der Waals surface area contributed by atoms with Gasteiger partial charge in [0.2, 0.25) is 0 Å². The van der Waals surface area contributed by atoms with Crippen molar-refractivity contribution in [1.82, 2.24) is 0 Å². The largest absolute Gasteiger partial charge is 0.462 e. The van der Waals surface area contributed by atoms with Crippen LogP contribution < -0.4 is 0 Å². The van der Waals surface area contributed by atoms with Crippen LogP contribution in [0.25, 0.3) is 0 Å². The van der Waals surface area contributed by atoms with E-state index < -0.39 is 6.10 Å². The van der Waals surface area contributed by atoms with E-state index in [4.69, 9.17) is 14.2 Å². The topological polar surface area (TPSA) is 78.9 Å². The number of rotatable bonds is 39. The molecule has 1 atom stereocenters. The Morgan fingerprint density at radius 1 is 0.380 bits per heavy atom. The summed E-state index contributed by atoms with van der Waals surface area (Å²) < 4.78 is 16.6. The molecule has 50 heavy (non-hydrogen) atoms. The maximum absolute atomic E-state index is 12.6. The molecule has 0 heterocycles. The van der Waals surface area contributed by atoms with Crippen molar-refractivity contribution in [2.45, 2.75) is 246 Å². The van der Waals surface area contributed by atoms with E-state index >= 15 is 0 Å². The van der Waals surface area contributed by atoms with Gasteiger partial charge in [0.1, 0.15) is 13.2 Å². The number of unbranched alkanes of at least 4 members (excludes halogenated alkanes) is 26. The third-order valence-corrected chi connectivity index (χ3v) is 9.79. The summed E-state index contributed by atoms with van der Waals surface area (Å²) in [6.45, 7) is 8.90. The van der Waals surface area contributed by atoms with E-state index in [-0.39, 0.29) is 31.1 Å². The van der Waals surface area contributed by atoms with Crippen LogP contribution in [0, 0.1) is 5.92 Å². The van der Waals surface area contributed by atoms with E-state index in [9.17, 15) is 14.4 Å². The van der Waals surface area contributed by atoms with Crippen molar-refractivity contribution in [3.8, 4) is 0 Å². The molecule has 0 bridgehead atoms. The number of carbonyl (C=O) groups is 3. The van der Waals surface area contributed by atoms with Crippen molar-refractivity contribution in [3.63, 3.8) is 0 Å². The molecule has 0 fully saturated rings. The SMILES string of the molecule is CCCCCCCCCCCCCCCCCC(=O)OC[C@@H](COC(=O)CCCCCCCCC)OC(=O)CCCCCCCCCC(C)C. The predicted octanol–water partition coefficient (Wildman–Crippen LogP) is 13.6. The fourth-order valence-corrected chi connectivity index (χ4v) is 6.45. The standard InChI is InChI=1S/C44H84O6/c1-5-7-9-11-13-14-15-16-17-18-19-20-24-28-32-36-43(46)49-39-41(38-48-42(45)35-31-27-22-12-10-8-6-2)50-44(47)37-33-29-25-21-23-26-30-34-40(3)4/h40-41H,5-39H2,1-4H3/t41-/m1/s1. The average Bonchev–Trinajstić information content (AvgIpc) is 3.09. The molecule has 0 unspecified atom stereocenters. The molecule has 0 aromatic carbocycles. The van der Waals surface area contributed by atoms with Crippen molar-refractivity contribution in [2.24, 2.45) is 5.92 Å². The Balaban J connectivity index is 4.24. The Morgan fingerprint density at radius 3 is 0.980 bits per heavy atom. The first-order valence-corrected chi connectivity index (χ1v) is 21.9. The van der Waals surface area contributed by atoms with E-state index in [1.807, 2.05) is 0 Å². The van der Waals surface area contributed by atoms with Crippen molar-refractivity contribution in [2.75, 3.05) is 13.2 Å². The molecule has 0 spiro atoms. The van der Waals surface area contributed by atoms with Gasteiger partial charge >= 0.3 is 17.9 Å². The smallest absolute Gasteiger partial charge is 0.306 e. The highest BCUT2D eigenvalue weighted by atomic mass is 16.6. The van der Waals surface area contributed by atoms with Gasteiger partial charge in [-0.05, 0) is 25.2 Å². The molecule has 0 rings (SSSR count). The molecule has 6 nitrogen and oxygen atoms in total. The van der Waals surface area contributed by atoms with Gasteiger partial charge in [-0.3, -0.25) is 14.4 Å². The highest BCUT2D eigenvalue weighted by Crippen LogP contribution is 2.16. The van der Waals surface area contributed by atoms with Crippen LogP contribution in [0.1, 0.15) is 240 Å². The zero-order chi connectivity index (χ0) is 36.8. The number of ether oxygens (including phenoxy) is 3. The lowest BCUT2D eigenvalue weighted by Crippen LogP contribution is -2.30. The zero-order valence-corrected chi connectivity index (χ0v) is 33.9. The lowest BCUT2D eigenvalue weighted by Gasteiger charge is -2.18. The Labute approximate surface area is 310 Å². The van der Waals surface area contributed by atoms with Crippen LogP contribution in [0.5, 0.6) is 0 Å². The average molecular weight is 709 g/mol. The molecule has 0 aliphatic carbocycles. The highest BCUT2D eigenvalue weighted by Gasteiger charge is 2.19. The van der Waals surface area contributed by atoms with Crippen LogP contribution in [0.15, 0.2) is 0 Å². The summed E-state index contributed by atoms with van der Waals surface area (Å²) >= 11 is 0. The molecule has 0 saturated carbocycles. The van der Waals surface area contributed by atoms with Crippen LogP contribution in [-0.4, -0.2) is 37.2 Å². The van der Waals surface area contributed by atoms with Gasteiger partial charge in [-0.1, -0.05) is 201 Å². The van der Waals surface area contributed by atoms with Gasteiger partial charge in [0.05, 0.1) is 0 Å². The first-order chi connectivity index (χ1) is 24.4. The number of hydrogen-bond acceptors (Lipinski definition) is 6. The fraction of sp³-hybridized carbons (Fsp3) is 0.932. The van der Waals surface area contributed by atoms with Crippen molar-refractivity contribution in [3.05, 3.63) is 0 Å². The van der Waals surface area contributed by atoms with Crippen LogP contribution in [0.2, 0.25) is 0 Å². The molecule has 0 amide bonds. The van der Waals surface area contributed by atoms with Gasteiger partial charge in [0.25, 0.3) is 0 Å². The van der Waals surface area contributed by atoms with Crippen molar-refractivity contribution >= 4 is 17.9 Å². The highest BCUT2D eigenvalue weighted by molar-refractivity contribution is 5.71. The lowest BCUT2D eigenvalue weighted by molar-refractivity contribution is -0.167. The van der Waals surface area contributed by atoms with Gasteiger partial charge in [-0.2, -0.15) is 0 Å². The van der Waals surface area contributed by atoms with Gasteiger partial charge in [-0.15, -0.1) is 0 Å². The second-order valence-electron chi connectivity index (χ2n) is 15.5. The predicted molar refractivity (Wildman–Crippen MR) is 210 cm³/mol. The second kappa shape index (κ2) is 38.6. The molecule has 0 aromatic rings. The number of hydrogen-bond donors (Lipinski definition) is 0. The van der Waals surface area contributed by atoms with Crippen molar-refractivity contribution < 1.29 is 28.6 Å². The van der Waals surface area contributed by atoms with Gasteiger partial charge in [0, 0.05) is 19.3 Å². The van der Waals surface area contributed by atoms with Crippen LogP contribution in [-0.2, 0) is 28.6 Å². The summed E-state index contributed by atoms with van der Waals surface area (Å²) in [4.78, 5) is 37.5. The fourth-order valence-electron chi connectivity index (χ4n) is 6.45. The van der Waals surface area contributed by atoms with Crippen molar-refractivity contribution in [1.29, 1.82) is 0 Å². The van der Waals surface area contributed by atoms with E-state index in [0.717, 1.165) is 63.7 Å². The van der Waals surface area contributed by atoms with Gasteiger partial charge in [0.15, 0.2) is 6.10 Å². The minimum absolute atomic E-state index is 0.0651. The molecule has 0 aliphatic heterocycles. The third-order valence-electron chi connectivity index (χ3n) is 9.79. The van der Waals surface area contributed by atoms with Crippen LogP contribution >= 0.6 is 0 Å². The minimum atomic E-state index is -0.758. The molecule has 0 aliphatic rings. The monoisotopic (exact) mass is 709 g/mol. The third kappa shape index (κ3) is 37.7. The lowest BCUT2D eigenvalue weighted by atomic mass is 10.0. The normalized spacial score (nSPS) is 11.9. The number of carbonyl (C=O) groups excluding carboxylic acids is 3. The molecular formula is C44H84O6. The van der Waals surface area contributed by atoms with Gasteiger partial charge < -0.3 is 14.2 Å². The first kappa shape index (κ1) is 48.4. The van der Waals surface area contributed by atoms with Crippen LogP contribution in [0.4, 0.5) is 0 Å². The van der Waals surface area contributed by atoms with E-state index in [2.05, 4.69) is 27.7 Å². The Kier molecular flexibility index (Phi) is 37.4. The molecule has 296 valence electrons. The molecular weight excluding hydrogens is 624 g/mol. The minimum Gasteiger partial charge on any atom is -0.462 e. The van der Waals surface area contributed by atoms with E-state index in [1.165, 1.54) is 135 Å². The number of esters is 3. The Hall–Kier alpha value is -1.59. The summed E-state index contributed by atoms with van der Waals surface area (Å²) in [5.74, 6) is -0.0880. The summed E-state index contributed by atoms with van der Waals surface area (Å²) in [7, 11) is 0. The maximum Gasteiger partial charge on any atom is 0.306 e. The second-order valence-corrected chi connectivity index (χ2v) is 15.5.